The zero-order valence-corrected chi connectivity index (χ0v) is 12.2. The molecule has 23 heavy (non-hydrogen) atoms. The van der Waals surface area contributed by atoms with Gasteiger partial charge in [-0.05, 0) is 35.4 Å². The van der Waals surface area contributed by atoms with Gasteiger partial charge in [0.15, 0.2) is 0 Å². The first-order valence-electron chi connectivity index (χ1n) is 7.31. The van der Waals surface area contributed by atoms with E-state index >= 15 is 0 Å². The van der Waals surface area contributed by atoms with Crippen LogP contribution in [-0.2, 0) is 6.42 Å². The van der Waals surface area contributed by atoms with E-state index in [0.717, 1.165) is 27.7 Å². The Morgan fingerprint density at radius 1 is 0.957 bits per heavy atom. The second-order valence-corrected chi connectivity index (χ2v) is 5.37. The summed E-state index contributed by atoms with van der Waals surface area (Å²) in [5.41, 5.74) is 3.49. The zero-order chi connectivity index (χ0) is 15.6. The van der Waals surface area contributed by atoms with Gasteiger partial charge in [-0.2, -0.15) is 0 Å². The average molecular weight is 304 g/mol. The van der Waals surface area contributed by atoms with Gasteiger partial charge < -0.3 is 4.42 Å². The van der Waals surface area contributed by atoms with Crippen LogP contribution in [0.25, 0.3) is 22.3 Å². The number of para-hydroxylation sites is 1. The molecule has 0 aliphatic rings. The summed E-state index contributed by atoms with van der Waals surface area (Å²) in [5, 5.41) is 1.00. The Hall–Kier alpha value is -3.01. The lowest BCUT2D eigenvalue weighted by Crippen LogP contribution is -1.94. The summed E-state index contributed by atoms with van der Waals surface area (Å²) in [6.07, 6.45) is 5.64. The number of benzene rings is 2. The van der Waals surface area contributed by atoms with Crippen LogP contribution in [0.3, 0.4) is 0 Å². The van der Waals surface area contributed by atoms with Crippen molar-refractivity contribution in [2.75, 3.05) is 0 Å². The highest BCUT2D eigenvalue weighted by Gasteiger charge is 2.12. The van der Waals surface area contributed by atoms with Crippen LogP contribution in [0.2, 0.25) is 0 Å². The van der Waals surface area contributed by atoms with Crippen LogP contribution in [0.1, 0.15) is 11.1 Å². The summed E-state index contributed by atoms with van der Waals surface area (Å²) >= 11 is 0. The number of nitrogens with zero attached hydrogens (tertiary/aromatic N) is 2. The smallest absolute Gasteiger partial charge is 0.135 e. The predicted octanol–water partition coefficient (Wildman–Crippen LogP) is 4.62. The predicted molar refractivity (Wildman–Crippen MR) is 86.4 cm³/mol. The Labute approximate surface area is 132 Å². The minimum atomic E-state index is -0.284. The maximum Gasteiger partial charge on any atom is 0.135 e. The molecule has 0 unspecified atom stereocenters. The van der Waals surface area contributed by atoms with E-state index in [2.05, 4.69) is 9.97 Å². The number of aromatic nitrogens is 2. The van der Waals surface area contributed by atoms with Crippen molar-refractivity contribution in [1.82, 2.24) is 9.97 Å². The van der Waals surface area contributed by atoms with E-state index in [-0.39, 0.29) is 5.82 Å². The van der Waals surface area contributed by atoms with Gasteiger partial charge in [0.05, 0.1) is 0 Å². The van der Waals surface area contributed by atoms with E-state index in [1.807, 2.05) is 30.3 Å². The molecule has 4 aromatic rings. The molecule has 2 aromatic heterocycles. The van der Waals surface area contributed by atoms with Gasteiger partial charge in [0, 0.05) is 29.8 Å². The number of fused-ring (bicyclic) bond motifs is 1. The Morgan fingerprint density at radius 2 is 1.78 bits per heavy atom. The number of rotatable bonds is 3. The fourth-order valence-electron chi connectivity index (χ4n) is 2.69. The van der Waals surface area contributed by atoms with Crippen molar-refractivity contribution in [2.45, 2.75) is 6.42 Å². The van der Waals surface area contributed by atoms with Gasteiger partial charge in [-0.15, -0.1) is 0 Å². The Balaban J connectivity index is 1.82. The van der Waals surface area contributed by atoms with Crippen LogP contribution in [0.5, 0.6) is 0 Å². The Bertz CT molecular complexity index is 930. The van der Waals surface area contributed by atoms with Crippen molar-refractivity contribution >= 4 is 11.0 Å². The van der Waals surface area contributed by atoms with Crippen LogP contribution < -0.4 is 0 Å². The van der Waals surface area contributed by atoms with Gasteiger partial charge in [0.25, 0.3) is 0 Å². The van der Waals surface area contributed by atoms with E-state index in [1.54, 1.807) is 18.5 Å². The summed E-state index contributed by atoms with van der Waals surface area (Å²) in [5.74, 6) is 0.381. The first kappa shape index (κ1) is 13.6. The molecular weight excluding hydrogens is 291 g/mol. The van der Waals surface area contributed by atoms with Gasteiger partial charge in [-0.3, -0.25) is 0 Å². The monoisotopic (exact) mass is 304 g/mol. The molecule has 2 aromatic carbocycles. The van der Waals surface area contributed by atoms with Crippen LogP contribution in [0.4, 0.5) is 4.39 Å². The molecule has 4 rings (SSSR count). The highest BCUT2D eigenvalue weighted by molar-refractivity contribution is 5.83. The summed E-state index contributed by atoms with van der Waals surface area (Å²) in [4.78, 5) is 8.05. The molecule has 0 amide bonds. The van der Waals surface area contributed by atoms with Crippen molar-refractivity contribution < 1.29 is 8.81 Å². The lowest BCUT2D eigenvalue weighted by atomic mass is 9.99. The van der Waals surface area contributed by atoms with Crippen molar-refractivity contribution in [3.63, 3.8) is 0 Å². The Morgan fingerprint density at radius 3 is 2.61 bits per heavy atom. The number of hydrogen-bond acceptors (Lipinski definition) is 3. The Kier molecular flexibility index (Phi) is 3.35. The van der Waals surface area contributed by atoms with E-state index in [1.165, 1.54) is 18.5 Å². The van der Waals surface area contributed by atoms with E-state index in [0.29, 0.717) is 12.2 Å². The van der Waals surface area contributed by atoms with Gasteiger partial charge in [-0.25, -0.2) is 14.4 Å². The molecule has 0 saturated heterocycles. The number of hydrogen-bond donors (Lipinski definition) is 0. The molecule has 0 saturated carbocycles. The zero-order valence-electron chi connectivity index (χ0n) is 12.2. The molecule has 0 spiro atoms. The minimum absolute atomic E-state index is 0.284. The molecular formula is C19H13FN2O. The fourth-order valence-corrected chi connectivity index (χ4v) is 2.69. The normalized spacial score (nSPS) is 11.0. The van der Waals surface area contributed by atoms with Crippen LogP contribution in [0.15, 0.2) is 71.7 Å². The van der Waals surface area contributed by atoms with E-state index < -0.39 is 0 Å². The minimum Gasteiger partial charge on any atom is -0.456 e. The first-order chi connectivity index (χ1) is 11.3. The molecule has 0 atom stereocenters. The van der Waals surface area contributed by atoms with Crippen molar-refractivity contribution in [1.29, 1.82) is 0 Å². The molecule has 0 radical (unpaired) electrons. The molecule has 0 aliphatic carbocycles. The molecule has 2 heterocycles. The molecule has 0 fully saturated rings. The van der Waals surface area contributed by atoms with Crippen molar-refractivity contribution in [2.24, 2.45) is 0 Å². The number of furan rings is 1. The molecule has 0 bridgehead atoms. The summed E-state index contributed by atoms with van der Waals surface area (Å²) < 4.78 is 19.7. The first-order valence-corrected chi connectivity index (χ1v) is 7.31. The van der Waals surface area contributed by atoms with Gasteiger partial charge in [-0.1, -0.05) is 24.3 Å². The summed E-state index contributed by atoms with van der Waals surface area (Å²) in [6.45, 7) is 0. The molecule has 0 N–H and O–H groups in total. The van der Waals surface area contributed by atoms with Crippen molar-refractivity contribution in [3.05, 3.63) is 84.2 Å². The summed E-state index contributed by atoms with van der Waals surface area (Å²) in [6, 6.07) is 14.5. The average Bonchev–Trinajstić information content (AvgIpc) is 3.01. The maximum absolute atomic E-state index is 13.8. The van der Waals surface area contributed by atoms with Gasteiger partial charge in [0.2, 0.25) is 0 Å². The highest BCUT2D eigenvalue weighted by Crippen LogP contribution is 2.31. The molecule has 4 heteroatoms. The van der Waals surface area contributed by atoms with E-state index in [9.17, 15) is 4.39 Å². The van der Waals surface area contributed by atoms with Crippen LogP contribution in [-0.4, -0.2) is 9.97 Å². The quantitative estimate of drug-likeness (QED) is 0.554. The van der Waals surface area contributed by atoms with Gasteiger partial charge >= 0.3 is 0 Å². The largest absolute Gasteiger partial charge is 0.456 e. The third kappa shape index (κ3) is 2.71. The maximum atomic E-state index is 13.8. The molecule has 3 nitrogen and oxygen atoms in total. The number of halogens is 1. The third-order valence-corrected chi connectivity index (χ3v) is 3.77. The molecule has 0 aliphatic heterocycles. The molecule has 112 valence electrons. The third-order valence-electron chi connectivity index (χ3n) is 3.77. The van der Waals surface area contributed by atoms with Crippen LogP contribution >= 0.6 is 0 Å². The lowest BCUT2D eigenvalue weighted by Gasteiger charge is -2.07. The van der Waals surface area contributed by atoms with Crippen molar-refractivity contribution in [3.8, 4) is 11.3 Å². The fraction of sp³-hybridized carbons (Fsp3) is 0.0526. The summed E-state index contributed by atoms with van der Waals surface area (Å²) in [7, 11) is 0. The lowest BCUT2D eigenvalue weighted by molar-refractivity contribution is 0.617. The second-order valence-electron chi connectivity index (χ2n) is 5.37. The highest BCUT2D eigenvalue weighted by atomic mass is 19.1. The standard InChI is InChI=1S/C19H13FN2O/c20-16-6-5-14(7-13-10-21-12-22-11-13)17(9-16)19-8-15-3-1-2-4-18(15)23-19/h1-6,8-12H,7H2. The van der Waals surface area contributed by atoms with E-state index in [4.69, 9.17) is 4.42 Å². The van der Waals surface area contributed by atoms with Gasteiger partial charge in [0.1, 0.15) is 23.5 Å². The topological polar surface area (TPSA) is 38.9 Å². The SMILES string of the molecule is Fc1ccc(Cc2cncnc2)c(-c2cc3ccccc3o2)c1. The second kappa shape index (κ2) is 5.65. The van der Waals surface area contributed by atoms with Crippen LogP contribution in [0, 0.1) is 5.82 Å².